The quantitative estimate of drug-likeness (QED) is 0.829. The lowest BCUT2D eigenvalue weighted by atomic mass is 10.1. The Morgan fingerprint density at radius 1 is 1.00 bits per heavy atom. The second-order valence-corrected chi connectivity index (χ2v) is 9.32. The number of fused-ring (bicyclic) bond motifs is 2. The predicted molar refractivity (Wildman–Crippen MR) is 82.1 cm³/mol. The third-order valence-electron chi connectivity index (χ3n) is 5.83. The molecule has 4 fully saturated rings. The molecule has 2 bridgehead atoms. The molecule has 0 radical (unpaired) electrons. The van der Waals surface area contributed by atoms with E-state index in [0.29, 0.717) is 31.1 Å². The number of piperidine rings is 2. The van der Waals surface area contributed by atoms with Crippen LogP contribution in [0.1, 0.15) is 44.9 Å². The fourth-order valence-electron chi connectivity index (χ4n) is 4.26. The lowest BCUT2D eigenvalue weighted by Gasteiger charge is -2.36. The van der Waals surface area contributed by atoms with Gasteiger partial charge in [-0.15, -0.1) is 0 Å². The van der Waals surface area contributed by atoms with Gasteiger partial charge >= 0.3 is 0 Å². The SMILES string of the molecule is O=S(=O)(N1CCC(NCC2CC2)CC1)N1CC2CCC1C2. The average molecular weight is 313 g/mol. The number of nitrogens with one attached hydrogen (secondary N) is 1. The van der Waals surface area contributed by atoms with Gasteiger partial charge in [-0.25, -0.2) is 0 Å². The molecule has 2 saturated carbocycles. The Morgan fingerprint density at radius 2 is 1.76 bits per heavy atom. The second-order valence-electron chi connectivity index (χ2n) is 7.44. The molecule has 6 heteroatoms. The Morgan fingerprint density at radius 3 is 2.33 bits per heavy atom. The van der Waals surface area contributed by atoms with Crippen LogP contribution in [-0.4, -0.2) is 55.3 Å². The molecule has 5 nitrogen and oxygen atoms in total. The van der Waals surface area contributed by atoms with Crippen LogP contribution in [0.2, 0.25) is 0 Å². The molecule has 2 saturated heterocycles. The molecule has 4 rings (SSSR count). The maximum atomic E-state index is 12.8. The Kier molecular flexibility index (Phi) is 3.76. The van der Waals surface area contributed by atoms with Gasteiger partial charge in [-0.3, -0.25) is 0 Å². The van der Waals surface area contributed by atoms with Crippen molar-refractivity contribution in [3.8, 4) is 0 Å². The molecule has 0 amide bonds. The highest BCUT2D eigenvalue weighted by atomic mass is 32.2. The summed E-state index contributed by atoms with van der Waals surface area (Å²) in [5, 5.41) is 3.62. The van der Waals surface area contributed by atoms with Crippen LogP contribution in [0.3, 0.4) is 0 Å². The molecule has 0 aromatic heterocycles. The van der Waals surface area contributed by atoms with E-state index in [1.165, 1.54) is 19.3 Å². The number of nitrogens with zero attached hydrogens (tertiary/aromatic N) is 2. The first-order valence-electron chi connectivity index (χ1n) is 8.63. The minimum Gasteiger partial charge on any atom is -0.314 e. The van der Waals surface area contributed by atoms with Crippen molar-refractivity contribution in [3.63, 3.8) is 0 Å². The van der Waals surface area contributed by atoms with Crippen molar-refractivity contribution < 1.29 is 8.42 Å². The van der Waals surface area contributed by atoms with Crippen LogP contribution in [0, 0.1) is 11.8 Å². The van der Waals surface area contributed by atoms with Crippen LogP contribution in [-0.2, 0) is 10.2 Å². The van der Waals surface area contributed by atoms with Gasteiger partial charge in [0.15, 0.2) is 0 Å². The molecule has 0 aromatic carbocycles. The second kappa shape index (κ2) is 5.48. The van der Waals surface area contributed by atoms with Gasteiger partial charge in [0.25, 0.3) is 10.2 Å². The van der Waals surface area contributed by atoms with Gasteiger partial charge in [-0.1, -0.05) is 0 Å². The van der Waals surface area contributed by atoms with Gasteiger partial charge in [0, 0.05) is 31.7 Å². The van der Waals surface area contributed by atoms with Gasteiger partial charge in [0.2, 0.25) is 0 Å². The van der Waals surface area contributed by atoms with Gasteiger partial charge in [-0.05, 0) is 63.3 Å². The van der Waals surface area contributed by atoms with Crippen molar-refractivity contribution in [3.05, 3.63) is 0 Å². The Balaban J connectivity index is 1.32. The van der Waals surface area contributed by atoms with Crippen LogP contribution in [0.5, 0.6) is 0 Å². The minimum atomic E-state index is -3.20. The summed E-state index contributed by atoms with van der Waals surface area (Å²) >= 11 is 0. The van der Waals surface area contributed by atoms with Crippen LogP contribution < -0.4 is 5.32 Å². The largest absolute Gasteiger partial charge is 0.314 e. The lowest BCUT2D eigenvalue weighted by Crippen LogP contribution is -2.52. The van der Waals surface area contributed by atoms with Gasteiger partial charge in [-0.2, -0.15) is 17.0 Å². The van der Waals surface area contributed by atoms with Crippen molar-refractivity contribution >= 4 is 10.2 Å². The molecule has 2 aliphatic carbocycles. The summed E-state index contributed by atoms with van der Waals surface area (Å²) in [7, 11) is -3.20. The first kappa shape index (κ1) is 14.4. The molecule has 1 N–H and O–H groups in total. The Hall–Kier alpha value is -0.170. The fourth-order valence-corrected chi connectivity index (χ4v) is 6.19. The summed E-state index contributed by atoms with van der Waals surface area (Å²) in [6.07, 6.45) is 8.07. The van der Waals surface area contributed by atoms with Crippen molar-refractivity contribution in [2.45, 2.75) is 57.0 Å². The van der Waals surface area contributed by atoms with Gasteiger partial charge in [0.1, 0.15) is 0 Å². The van der Waals surface area contributed by atoms with Crippen molar-refractivity contribution in [2.75, 3.05) is 26.2 Å². The molecule has 4 aliphatic rings. The molecule has 21 heavy (non-hydrogen) atoms. The monoisotopic (exact) mass is 313 g/mol. The summed E-state index contributed by atoms with van der Waals surface area (Å²) < 4.78 is 29.1. The third kappa shape index (κ3) is 2.87. The topological polar surface area (TPSA) is 52.7 Å². The minimum absolute atomic E-state index is 0.297. The zero-order valence-corrected chi connectivity index (χ0v) is 13.5. The van der Waals surface area contributed by atoms with Crippen LogP contribution in [0.15, 0.2) is 0 Å². The van der Waals surface area contributed by atoms with Crippen LogP contribution in [0.25, 0.3) is 0 Å². The highest BCUT2D eigenvalue weighted by Crippen LogP contribution is 2.40. The van der Waals surface area contributed by atoms with E-state index >= 15 is 0 Å². The maximum absolute atomic E-state index is 12.8. The normalized spacial score (nSPS) is 35.6. The smallest absolute Gasteiger partial charge is 0.282 e. The fraction of sp³-hybridized carbons (Fsp3) is 1.00. The first-order valence-corrected chi connectivity index (χ1v) is 10.0. The molecule has 0 aromatic rings. The number of hydrogen-bond donors (Lipinski definition) is 1. The van der Waals surface area contributed by atoms with Crippen LogP contribution in [0.4, 0.5) is 0 Å². The summed E-state index contributed by atoms with van der Waals surface area (Å²) in [5.74, 6) is 1.52. The van der Waals surface area contributed by atoms with Crippen LogP contribution >= 0.6 is 0 Å². The van der Waals surface area contributed by atoms with E-state index in [4.69, 9.17) is 0 Å². The predicted octanol–water partition coefficient (Wildman–Crippen LogP) is 1.18. The number of rotatable bonds is 5. The Labute approximate surface area is 128 Å². The van der Waals surface area contributed by atoms with E-state index < -0.39 is 10.2 Å². The summed E-state index contributed by atoms with van der Waals surface area (Å²) in [4.78, 5) is 0. The molecule has 2 unspecified atom stereocenters. The zero-order chi connectivity index (χ0) is 14.4. The highest BCUT2D eigenvalue weighted by molar-refractivity contribution is 7.86. The molecule has 120 valence electrons. The van der Waals surface area contributed by atoms with Gasteiger partial charge < -0.3 is 5.32 Å². The van der Waals surface area contributed by atoms with E-state index in [2.05, 4.69) is 5.32 Å². The molecule has 0 spiro atoms. The third-order valence-corrected chi connectivity index (χ3v) is 7.89. The lowest BCUT2D eigenvalue weighted by molar-refractivity contribution is 0.250. The standard InChI is InChI=1S/C15H27N3O2S/c19-21(20,18-11-13-3-4-15(18)9-13)17-7-5-14(6-8-17)16-10-12-1-2-12/h12-16H,1-11H2. The molecule has 2 heterocycles. The number of hydrogen-bond acceptors (Lipinski definition) is 3. The van der Waals surface area contributed by atoms with Crippen molar-refractivity contribution in [2.24, 2.45) is 11.8 Å². The van der Waals surface area contributed by atoms with E-state index in [-0.39, 0.29) is 0 Å². The van der Waals surface area contributed by atoms with Crippen molar-refractivity contribution in [1.82, 2.24) is 13.9 Å². The Bertz CT molecular complexity index is 483. The maximum Gasteiger partial charge on any atom is 0.282 e. The summed E-state index contributed by atoms with van der Waals surface area (Å²) in [6, 6.07) is 0.817. The summed E-state index contributed by atoms with van der Waals surface area (Å²) in [5.41, 5.74) is 0. The zero-order valence-electron chi connectivity index (χ0n) is 12.7. The molecule has 2 aliphatic heterocycles. The molecular formula is C15H27N3O2S. The van der Waals surface area contributed by atoms with Crippen molar-refractivity contribution in [1.29, 1.82) is 0 Å². The molecular weight excluding hydrogens is 286 g/mol. The van der Waals surface area contributed by atoms with E-state index in [0.717, 1.165) is 44.7 Å². The summed E-state index contributed by atoms with van der Waals surface area (Å²) in [6.45, 7) is 3.29. The molecule has 2 atom stereocenters. The van der Waals surface area contributed by atoms with E-state index in [1.54, 1.807) is 8.61 Å². The van der Waals surface area contributed by atoms with E-state index in [9.17, 15) is 8.42 Å². The van der Waals surface area contributed by atoms with E-state index in [1.807, 2.05) is 0 Å². The highest BCUT2D eigenvalue weighted by Gasteiger charge is 2.46. The van der Waals surface area contributed by atoms with Gasteiger partial charge in [0.05, 0.1) is 0 Å². The first-order chi connectivity index (χ1) is 10.1. The average Bonchev–Trinajstić information content (AvgIpc) is 3.07.